The lowest BCUT2D eigenvalue weighted by molar-refractivity contribution is -0.145. The van der Waals surface area contributed by atoms with E-state index in [0.29, 0.717) is 0 Å². The smallest absolute Gasteiger partial charge is 0.326 e. The Balaban J connectivity index is 2.23. The molecule has 1 aliphatic rings. The quantitative estimate of drug-likeness (QED) is 0.842. The van der Waals surface area contributed by atoms with Crippen LogP contribution in [0.25, 0.3) is 0 Å². The zero-order valence-corrected chi connectivity index (χ0v) is 10.8. The normalized spacial score (nSPS) is 14.8. The highest BCUT2D eigenvalue weighted by Crippen LogP contribution is 2.27. The molecule has 1 aromatic carbocycles. The maximum Gasteiger partial charge on any atom is 0.326 e. The largest absolute Gasteiger partial charge is 0.481 e. The van der Waals surface area contributed by atoms with Crippen molar-refractivity contribution in [2.45, 2.75) is 31.7 Å². The van der Waals surface area contributed by atoms with Gasteiger partial charge >= 0.3 is 11.9 Å². The van der Waals surface area contributed by atoms with Gasteiger partial charge in [-0.05, 0) is 42.5 Å². The number of carboxylic acid groups (broad SMARTS) is 2. The summed E-state index contributed by atoms with van der Waals surface area (Å²) in [5.74, 6) is -2.23. The van der Waals surface area contributed by atoms with Gasteiger partial charge in [-0.1, -0.05) is 6.07 Å². The van der Waals surface area contributed by atoms with Gasteiger partial charge < -0.3 is 15.1 Å². The van der Waals surface area contributed by atoms with Crippen LogP contribution in [0, 0.1) is 0 Å². The lowest BCUT2D eigenvalue weighted by Gasteiger charge is -2.26. The summed E-state index contributed by atoms with van der Waals surface area (Å²) < 4.78 is 0. The number of hydrogen-bond donors (Lipinski definition) is 2. The molecule has 102 valence electrons. The van der Waals surface area contributed by atoms with E-state index in [9.17, 15) is 9.59 Å². The maximum absolute atomic E-state index is 11.2. The predicted molar refractivity (Wildman–Crippen MR) is 70.5 cm³/mol. The van der Waals surface area contributed by atoms with Crippen LogP contribution in [-0.4, -0.2) is 35.2 Å². The Kier molecular flexibility index (Phi) is 3.74. The number of aliphatic carboxylic acids is 2. The van der Waals surface area contributed by atoms with Gasteiger partial charge in [0.05, 0.1) is 6.42 Å². The van der Waals surface area contributed by atoms with Crippen LogP contribution < -0.4 is 4.90 Å². The molecular weight excluding hydrogens is 246 g/mol. The third-order valence-corrected chi connectivity index (χ3v) is 3.61. The van der Waals surface area contributed by atoms with E-state index in [1.807, 2.05) is 18.2 Å². The molecule has 0 spiro atoms. The highest BCUT2D eigenvalue weighted by Gasteiger charge is 2.26. The fourth-order valence-corrected chi connectivity index (χ4v) is 2.51. The minimum atomic E-state index is -1.12. The van der Waals surface area contributed by atoms with Crippen molar-refractivity contribution in [2.24, 2.45) is 0 Å². The lowest BCUT2D eigenvalue weighted by atomic mass is 10.1. The minimum absolute atomic E-state index is 0.414. The molecule has 0 radical (unpaired) electrons. The number of rotatable bonds is 5. The monoisotopic (exact) mass is 263 g/mol. The van der Waals surface area contributed by atoms with Gasteiger partial charge in [-0.2, -0.15) is 0 Å². The van der Waals surface area contributed by atoms with E-state index in [4.69, 9.17) is 10.2 Å². The number of fused-ring (bicyclic) bond motifs is 1. The Bertz CT molecular complexity index is 512. The van der Waals surface area contributed by atoms with E-state index in [-0.39, 0.29) is 0 Å². The third-order valence-electron chi connectivity index (χ3n) is 3.61. The van der Waals surface area contributed by atoms with E-state index in [1.165, 1.54) is 16.0 Å². The van der Waals surface area contributed by atoms with E-state index in [2.05, 4.69) is 0 Å². The summed E-state index contributed by atoms with van der Waals surface area (Å²) >= 11 is 0. The molecule has 0 bridgehead atoms. The van der Waals surface area contributed by atoms with Gasteiger partial charge in [0.1, 0.15) is 6.04 Å². The van der Waals surface area contributed by atoms with Gasteiger partial charge in [-0.15, -0.1) is 0 Å². The average Bonchev–Trinajstić information content (AvgIpc) is 2.81. The van der Waals surface area contributed by atoms with Crippen molar-refractivity contribution < 1.29 is 19.8 Å². The number of likely N-dealkylation sites (N-methyl/N-ethyl adjacent to an activating group) is 1. The maximum atomic E-state index is 11.2. The first-order valence-electron chi connectivity index (χ1n) is 6.28. The molecule has 1 aromatic rings. The Morgan fingerprint density at radius 3 is 2.58 bits per heavy atom. The Hall–Kier alpha value is -2.04. The second-order valence-electron chi connectivity index (χ2n) is 4.87. The van der Waals surface area contributed by atoms with Gasteiger partial charge in [0.25, 0.3) is 0 Å². The van der Waals surface area contributed by atoms with Gasteiger partial charge in [0, 0.05) is 12.7 Å². The van der Waals surface area contributed by atoms with E-state index in [0.717, 1.165) is 24.9 Å². The summed E-state index contributed by atoms with van der Waals surface area (Å²) in [6.07, 6.45) is 2.79. The standard InChI is InChI=1S/C14H17NO4/c1-15(12(14(18)19)8-13(16)17)11-6-5-9-3-2-4-10(9)7-11/h5-7,12H,2-4,8H2,1H3,(H,16,17)(H,18,19). The molecule has 0 aromatic heterocycles. The van der Waals surface area contributed by atoms with Crippen molar-refractivity contribution in [1.82, 2.24) is 0 Å². The molecule has 0 saturated carbocycles. The first-order valence-corrected chi connectivity index (χ1v) is 6.28. The summed E-state index contributed by atoms with van der Waals surface area (Å²) in [7, 11) is 1.62. The molecule has 1 unspecified atom stereocenters. The van der Waals surface area contributed by atoms with Crippen LogP contribution in [0.2, 0.25) is 0 Å². The molecule has 5 heteroatoms. The molecule has 2 rings (SSSR count). The van der Waals surface area contributed by atoms with Crippen LogP contribution in [0.15, 0.2) is 18.2 Å². The summed E-state index contributed by atoms with van der Waals surface area (Å²) in [6, 6.07) is 4.80. The second-order valence-corrected chi connectivity index (χ2v) is 4.87. The average molecular weight is 263 g/mol. The molecule has 0 amide bonds. The molecule has 19 heavy (non-hydrogen) atoms. The molecule has 0 heterocycles. The van der Waals surface area contributed by atoms with Gasteiger partial charge in [0.15, 0.2) is 0 Å². The van der Waals surface area contributed by atoms with Crippen LogP contribution in [0.3, 0.4) is 0 Å². The fraction of sp³-hybridized carbons (Fsp3) is 0.429. The van der Waals surface area contributed by atoms with Crippen molar-refractivity contribution in [3.8, 4) is 0 Å². The summed E-state index contributed by atoms with van der Waals surface area (Å²) in [5, 5.41) is 17.9. The molecule has 0 fully saturated rings. The number of nitrogens with zero attached hydrogens (tertiary/aromatic N) is 1. The topological polar surface area (TPSA) is 77.8 Å². The highest BCUT2D eigenvalue weighted by atomic mass is 16.4. The van der Waals surface area contributed by atoms with Crippen LogP contribution in [0.5, 0.6) is 0 Å². The summed E-state index contributed by atoms with van der Waals surface area (Å²) in [4.78, 5) is 23.4. The molecule has 2 N–H and O–H groups in total. The second kappa shape index (κ2) is 5.30. The molecule has 0 aliphatic heterocycles. The first kappa shape index (κ1) is 13.4. The molecule has 5 nitrogen and oxygen atoms in total. The predicted octanol–water partition coefficient (Wildman–Crippen LogP) is 1.54. The number of anilines is 1. The zero-order valence-electron chi connectivity index (χ0n) is 10.8. The van der Waals surface area contributed by atoms with Crippen LogP contribution >= 0.6 is 0 Å². The minimum Gasteiger partial charge on any atom is -0.481 e. The van der Waals surface area contributed by atoms with E-state index in [1.54, 1.807) is 7.05 Å². The van der Waals surface area contributed by atoms with Crippen molar-refractivity contribution >= 4 is 17.6 Å². The zero-order chi connectivity index (χ0) is 14.0. The molecular formula is C14H17NO4. The fourth-order valence-electron chi connectivity index (χ4n) is 2.51. The number of carbonyl (C=O) groups is 2. The summed E-state index contributed by atoms with van der Waals surface area (Å²) in [5.41, 5.74) is 3.31. The third kappa shape index (κ3) is 2.86. The summed E-state index contributed by atoms with van der Waals surface area (Å²) in [6.45, 7) is 0. The highest BCUT2D eigenvalue weighted by molar-refractivity contribution is 5.84. The first-order chi connectivity index (χ1) is 8.99. The van der Waals surface area contributed by atoms with Gasteiger partial charge in [-0.25, -0.2) is 4.79 Å². The van der Waals surface area contributed by atoms with Crippen LogP contribution in [0.1, 0.15) is 24.0 Å². The number of carboxylic acids is 2. The molecule has 1 atom stereocenters. The number of benzene rings is 1. The van der Waals surface area contributed by atoms with E-state index < -0.39 is 24.4 Å². The number of hydrogen-bond acceptors (Lipinski definition) is 3. The van der Waals surface area contributed by atoms with E-state index >= 15 is 0 Å². The molecule has 0 saturated heterocycles. The molecule has 1 aliphatic carbocycles. The Labute approximate surface area is 111 Å². The Morgan fingerprint density at radius 2 is 1.95 bits per heavy atom. The lowest BCUT2D eigenvalue weighted by Crippen LogP contribution is -2.40. The van der Waals surface area contributed by atoms with Crippen molar-refractivity contribution in [3.63, 3.8) is 0 Å². The number of aryl methyl sites for hydroxylation is 2. The SMILES string of the molecule is CN(c1ccc2c(c1)CCC2)C(CC(=O)O)C(=O)O. The Morgan fingerprint density at radius 1 is 1.26 bits per heavy atom. The van der Waals surface area contributed by atoms with Crippen molar-refractivity contribution in [1.29, 1.82) is 0 Å². The van der Waals surface area contributed by atoms with Gasteiger partial charge in [0.2, 0.25) is 0 Å². The van der Waals surface area contributed by atoms with Crippen molar-refractivity contribution in [2.75, 3.05) is 11.9 Å². The van der Waals surface area contributed by atoms with Crippen LogP contribution in [-0.2, 0) is 22.4 Å². The van der Waals surface area contributed by atoms with Crippen LogP contribution in [0.4, 0.5) is 5.69 Å². The van der Waals surface area contributed by atoms with Crippen molar-refractivity contribution in [3.05, 3.63) is 29.3 Å². The van der Waals surface area contributed by atoms with Gasteiger partial charge in [-0.3, -0.25) is 4.79 Å².